The van der Waals surface area contributed by atoms with E-state index in [2.05, 4.69) is 39.4 Å². The minimum absolute atomic E-state index is 0.577. The molecule has 6 nitrogen and oxygen atoms in total. The van der Waals surface area contributed by atoms with Crippen LogP contribution in [0.1, 0.15) is 32.4 Å². The van der Waals surface area contributed by atoms with Gasteiger partial charge >= 0.3 is 0 Å². The minimum Gasteiger partial charge on any atom is -0.365 e. The van der Waals surface area contributed by atoms with Gasteiger partial charge in [0.05, 0.1) is 11.4 Å². The highest BCUT2D eigenvalue weighted by Gasteiger charge is 2.55. The summed E-state index contributed by atoms with van der Waals surface area (Å²) in [5.41, 5.74) is 2.91. The summed E-state index contributed by atoms with van der Waals surface area (Å²) in [6, 6.07) is 4.66. The van der Waals surface area contributed by atoms with Crippen molar-refractivity contribution in [1.29, 1.82) is 0 Å². The number of nitrogens with one attached hydrogen (secondary N) is 1. The molecule has 3 heterocycles. The van der Waals surface area contributed by atoms with Crippen LogP contribution in [-0.4, -0.2) is 50.6 Å². The Bertz CT molecular complexity index is 736. The largest absolute Gasteiger partial charge is 0.365 e. The number of hydrogen-bond acceptors (Lipinski definition) is 5. The summed E-state index contributed by atoms with van der Waals surface area (Å²) >= 11 is 0. The molecule has 1 aliphatic carbocycles. The van der Waals surface area contributed by atoms with E-state index in [0.29, 0.717) is 6.04 Å². The lowest BCUT2D eigenvalue weighted by Crippen LogP contribution is -2.32. The van der Waals surface area contributed by atoms with Crippen LogP contribution >= 0.6 is 0 Å². The maximum Gasteiger partial charge on any atom is 0.148 e. The van der Waals surface area contributed by atoms with Crippen LogP contribution in [-0.2, 0) is 7.05 Å². The molecule has 2 aliphatic rings. The highest BCUT2D eigenvalue weighted by atomic mass is 15.3. The van der Waals surface area contributed by atoms with Crippen LogP contribution in [0.15, 0.2) is 18.3 Å². The summed E-state index contributed by atoms with van der Waals surface area (Å²) < 4.78 is 1.82. The molecule has 2 atom stereocenters. The zero-order valence-corrected chi connectivity index (χ0v) is 16.3. The first-order valence-corrected chi connectivity index (χ1v) is 9.92. The van der Waals surface area contributed by atoms with Gasteiger partial charge in [-0.2, -0.15) is 5.10 Å². The normalized spacial score (nSPS) is 24.9. The molecule has 0 radical (unpaired) electrons. The fourth-order valence-corrected chi connectivity index (χ4v) is 4.46. The molecule has 0 bridgehead atoms. The standard InChI is InChI=1S/C20H30N6/c1-5-14(6-2)9-26-11-16-17(12-26)20(16)21-19-8-7-18(22-23-19)15-10-25(4)24-13(15)3/h7-8,10,14,16-17,20H,5-6,9,11-12H2,1-4H3,(H,21,23). The summed E-state index contributed by atoms with van der Waals surface area (Å²) in [4.78, 5) is 2.66. The second-order valence-corrected chi connectivity index (χ2v) is 8.00. The first kappa shape index (κ1) is 17.5. The zero-order chi connectivity index (χ0) is 18.3. The van der Waals surface area contributed by atoms with Crippen molar-refractivity contribution in [1.82, 2.24) is 24.9 Å². The smallest absolute Gasteiger partial charge is 0.148 e. The predicted molar refractivity (Wildman–Crippen MR) is 104 cm³/mol. The molecule has 1 saturated carbocycles. The maximum atomic E-state index is 4.40. The lowest BCUT2D eigenvalue weighted by Gasteiger charge is -2.24. The number of hydrogen-bond donors (Lipinski definition) is 1. The Hall–Kier alpha value is -1.95. The third-order valence-corrected chi connectivity index (χ3v) is 6.21. The van der Waals surface area contributed by atoms with Gasteiger partial charge in [-0.15, -0.1) is 10.2 Å². The molecule has 2 aromatic rings. The fraction of sp³-hybridized carbons (Fsp3) is 0.650. The first-order chi connectivity index (χ1) is 12.6. The molecule has 2 unspecified atom stereocenters. The van der Waals surface area contributed by atoms with E-state index in [-0.39, 0.29) is 0 Å². The topological polar surface area (TPSA) is 58.9 Å². The molecule has 6 heteroatoms. The van der Waals surface area contributed by atoms with Crippen LogP contribution in [0.5, 0.6) is 0 Å². The molecular formula is C20H30N6. The number of aryl methyl sites for hydroxylation is 2. The Morgan fingerprint density at radius 2 is 1.88 bits per heavy atom. The van der Waals surface area contributed by atoms with Gasteiger partial charge in [0.15, 0.2) is 0 Å². The van der Waals surface area contributed by atoms with E-state index in [1.807, 2.05) is 37.0 Å². The van der Waals surface area contributed by atoms with Gasteiger partial charge in [-0.3, -0.25) is 4.68 Å². The van der Waals surface area contributed by atoms with Gasteiger partial charge < -0.3 is 10.2 Å². The van der Waals surface area contributed by atoms with Crippen molar-refractivity contribution >= 4 is 5.82 Å². The first-order valence-electron chi connectivity index (χ1n) is 9.92. The Kier molecular flexibility index (Phi) is 4.69. The van der Waals surface area contributed by atoms with Crippen LogP contribution in [0.3, 0.4) is 0 Å². The maximum absolute atomic E-state index is 4.40. The highest BCUT2D eigenvalue weighted by molar-refractivity contribution is 5.61. The summed E-state index contributed by atoms with van der Waals surface area (Å²) in [6.45, 7) is 10.4. The van der Waals surface area contributed by atoms with Gasteiger partial charge in [-0.1, -0.05) is 26.7 Å². The molecule has 1 aliphatic heterocycles. The van der Waals surface area contributed by atoms with E-state index in [4.69, 9.17) is 0 Å². The van der Waals surface area contributed by atoms with Crippen molar-refractivity contribution in [3.63, 3.8) is 0 Å². The van der Waals surface area contributed by atoms with Gasteiger partial charge in [0.25, 0.3) is 0 Å². The van der Waals surface area contributed by atoms with E-state index in [1.165, 1.54) is 32.5 Å². The molecule has 0 spiro atoms. The van der Waals surface area contributed by atoms with Crippen LogP contribution in [0.25, 0.3) is 11.3 Å². The fourth-order valence-electron chi connectivity index (χ4n) is 4.46. The van der Waals surface area contributed by atoms with Gasteiger partial charge in [0, 0.05) is 44.5 Å². The van der Waals surface area contributed by atoms with Crippen molar-refractivity contribution in [2.75, 3.05) is 25.0 Å². The number of rotatable bonds is 7. The Morgan fingerprint density at radius 1 is 1.15 bits per heavy atom. The lowest BCUT2D eigenvalue weighted by atomic mass is 10.0. The third kappa shape index (κ3) is 3.34. The number of nitrogens with zero attached hydrogens (tertiary/aromatic N) is 5. The quantitative estimate of drug-likeness (QED) is 0.828. The summed E-state index contributed by atoms with van der Waals surface area (Å²) in [6.07, 6.45) is 4.58. The number of likely N-dealkylation sites (tertiary alicyclic amines) is 1. The summed E-state index contributed by atoms with van der Waals surface area (Å²) in [7, 11) is 1.93. The molecule has 2 fully saturated rings. The van der Waals surface area contributed by atoms with Crippen molar-refractivity contribution in [3.05, 3.63) is 24.0 Å². The Balaban J connectivity index is 1.31. The average Bonchev–Trinajstić information content (AvgIpc) is 2.97. The van der Waals surface area contributed by atoms with Crippen LogP contribution in [0.4, 0.5) is 5.82 Å². The SMILES string of the molecule is CCC(CC)CN1CC2C(C1)C2Nc1ccc(-c2cn(C)nc2C)nn1. The molecule has 26 heavy (non-hydrogen) atoms. The Labute approximate surface area is 156 Å². The van der Waals surface area contributed by atoms with Gasteiger partial charge in [-0.25, -0.2) is 0 Å². The van der Waals surface area contributed by atoms with Crippen molar-refractivity contribution in [2.24, 2.45) is 24.8 Å². The van der Waals surface area contributed by atoms with E-state index in [9.17, 15) is 0 Å². The van der Waals surface area contributed by atoms with Gasteiger partial charge in [0.2, 0.25) is 0 Å². The van der Waals surface area contributed by atoms with E-state index < -0.39 is 0 Å². The van der Waals surface area contributed by atoms with Crippen molar-refractivity contribution in [2.45, 2.75) is 39.7 Å². The number of anilines is 1. The van der Waals surface area contributed by atoms with Crippen molar-refractivity contribution in [3.8, 4) is 11.3 Å². The number of fused-ring (bicyclic) bond motifs is 1. The summed E-state index contributed by atoms with van der Waals surface area (Å²) in [5.74, 6) is 3.31. The third-order valence-electron chi connectivity index (χ3n) is 6.21. The van der Waals surface area contributed by atoms with Crippen LogP contribution in [0.2, 0.25) is 0 Å². The number of piperidine rings is 1. The van der Waals surface area contributed by atoms with Crippen molar-refractivity contribution < 1.29 is 0 Å². The monoisotopic (exact) mass is 354 g/mol. The second-order valence-electron chi connectivity index (χ2n) is 8.00. The van der Waals surface area contributed by atoms with Crippen LogP contribution in [0, 0.1) is 24.7 Å². The van der Waals surface area contributed by atoms with E-state index in [0.717, 1.165) is 40.5 Å². The molecule has 2 aromatic heterocycles. The minimum atomic E-state index is 0.577. The van der Waals surface area contributed by atoms with Gasteiger partial charge in [0.1, 0.15) is 5.82 Å². The highest BCUT2D eigenvalue weighted by Crippen LogP contribution is 2.47. The van der Waals surface area contributed by atoms with Crippen LogP contribution < -0.4 is 5.32 Å². The van der Waals surface area contributed by atoms with E-state index in [1.54, 1.807) is 0 Å². The molecule has 4 rings (SSSR count). The lowest BCUT2D eigenvalue weighted by molar-refractivity contribution is 0.243. The molecule has 0 aromatic carbocycles. The molecule has 1 N–H and O–H groups in total. The second kappa shape index (κ2) is 6.99. The Morgan fingerprint density at radius 3 is 2.42 bits per heavy atom. The number of aromatic nitrogens is 4. The zero-order valence-electron chi connectivity index (χ0n) is 16.3. The molecule has 140 valence electrons. The van der Waals surface area contributed by atoms with E-state index >= 15 is 0 Å². The molecule has 1 saturated heterocycles. The predicted octanol–water partition coefficient (Wildman–Crippen LogP) is 2.96. The molecular weight excluding hydrogens is 324 g/mol. The van der Waals surface area contributed by atoms with Gasteiger partial charge in [-0.05, 0) is 36.8 Å². The average molecular weight is 355 g/mol. The molecule has 0 amide bonds. The summed E-state index contributed by atoms with van der Waals surface area (Å²) in [5, 5.41) is 16.8.